The predicted molar refractivity (Wildman–Crippen MR) is 57.0 cm³/mol. The number of nitro groups is 1. The van der Waals surface area contributed by atoms with Gasteiger partial charge in [-0.2, -0.15) is 0 Å². The van der Waals surface area contributed by atoms with Crippen LogP contribution in [0.3, 0.4) is 0 Å². The van der Waals surface area contributed by atoms with E-state index in [0.717, 1.165) is 6.07 Å². The van der Waals surface area contributed by atoms with Crippen LogP contribution in [-0.2, 0) is 6.42 Å². The van der Waals surface area contributed by atoms with Crippen LogP contribution < -0.4 is 5.32 Å². The quantitative estimate of drug-likeness (QED) is 0.644. The van der Waals surface area contributed by atoms with Crippen molar-refractivity contribution >= 4 is 23.0 Å². The number of nitro benzene ring substituents is 1. The van der Waals surface area contributed by atoms with E-state index in [1.807, 2.05) is 0 Å². The van der Waals surface area contributed by atoms with Crippen LogP contribution in [-0.4, -0.2) is 12.0 Å². The molecule has 82 valence electrons. The predicted octanol–water partition coefficient (Wildman–Crippen LogP) is 2.99. The van der Waals surface area contributed by atoms with Crippen LogP contribution >= 0.6 is 11.6 Å². The highest BCUT2D eigenvalue weighted by atomic mass is 35.5. The van der Waals surface area contributed by atoms with E-state index >= 15 is 0 Å². The number of nitrogens with zero attached hydrogens (tertiary/aromatic N) is 1. The molecule has 0 aromatic heterocycles. The lowest BCUT2D eigenvalue weighted by molar-refractivity contribution is -0.384. The molecule has 6 heteroatoms. The van der Waals surface area contributed by atoms with Crippen LogP contribution in [0.1, 0.15) is 12.5 Å². The fourth-order valence-corrected chi connectivity index (χ4v) is 1.61. The van der Waals surface area contributed by atoms with Gasteiger partial charge in [0.2, 0.25) is 0 Å². The van der Waals surface area contributed by atoms with E-state index in [1.165, 1.54) is 7.05 Å². The Labute approximate surface area is 91.2 Å². The van der Waals surface area contributed by atoms with E-state index in [9.17, 15) is 14.5 Å². The zero-order valence-corrected chi connectivity index (χ0v) is 9.06. The largest absolute Gasteiger partial charge is 0.381 e. The summed E-state index contributed by atoms with van der Waals surface area (Å²) in [6.07, 6.45) is 0.374. The average molecular weight is 233 g/mol. The van der Waals surface area contributed by atoms with Crippen LogP contribution in [0, 0.1) is 15.9 Å². The summed E-state index contributed by atoms with van der Waals surface area (Å²) in [6.45, 7) is 1.72. The molecule has 0 radical (unpaired) electrons. The second-order valence-electron chi connectivity index (χ2n) is 2.92. The van der Waals surface area contributed by atoms with Gasteiger partial charge in [-0.1, -0.05) is 18.5 Å². The van der Waals surface area contributed by atoms with Crippen molar-refractivity contribution in [1.82, 2.24) is 0 Å². The van der Waals surface area contributed by atoms with Gasteiger partial charge in [-0.25, -0.2) is 4.39 Å². The molecule has 0 saturated carbocycles. The molecule has 1 aromatic rings. The van der Waals surface area contributed by atoms with Gasteiger partial charge in [-0.05, 0) is 12.5 Å². The Morgan fingerprint density at radius 2 is 2.27 bits per heavy atom. The Morgan fingerprint density at radius 1 is 1.67 bits per heavy atom. The zero-order valence-electron chi connectivity index (χ0n) is 8.30. The summed E-state index contributed by atoms with van der Waals surface area (Å²) < 4.78 is 13.3. The third-order valence-electron chi connectivity index (χ3n) is 2.08. The van der Waals surface area contributed by atoms with Gasteiger partial charge in [0, 0.05) is 12.6 Å². The lowest BCUT2D eigenvalue weighted by Gasteiger charge is -2.08. The van der Waals surface area contributed by atoms with E-state index in [1.54, 1.807) is 6.92 Å². The van der Waals surface area contributed by atoms with Gasteiger partial charge in [-0.3, -0.25) is 10.1 Å². The van der Waals surface area contributed by atoms with Crippen LogP contribution in [0.5, 0.6) is 0 Å². The number of anilines is 1. The second kappa shape index (κ2) is 4.44. The van der Waals surface area contributed by atoms with Crippen molar-refractivity contribution in [3.63, 3.8) is 0 Å². The van der Waals surface area contributed by atoms with Gasteiger partial charge in [0.1, 0.15) is 16.5 Å². The van der Waals surface area contributed by atoms with Gasteiger partial charge < -0.3 is 5.32 Å². The van der Waals surface area contributed by atoms with Gasteiger partial charge >= 0.3 is 0 Å². The van der Waals surface area contributed by atoms with Gasteiger partial charge in [0.05, 0.1) is 4.92 Å². The van der Waals surface area contributed by atoms with Gasteiger partial charge in [0.15, 0.2) is 0 Å². The van der Waals surface area contributed by atoms with E-state index < -0.39 is 10.7 Å². The highest BCUT2D eigenvalue weighted by Crippen LogP contribution is 2.37. The summed E-state index contributed by atoms with van der Waals surface area (Å²) in [5.41, 5.74) is 0.191. The minimum absolute atomic E-state index is 0.0264. The van der Waals surface area contributed by atoms with Crippen LogP contribution in [0.2, 0.25) is 5.02 Å². The molecule has 0 atom stereocenters. The molecular weight excluding hydrogens is 223 g/mol. The molecule has 0 bridgehead atoms. The van der Waals surface area contributed by atoms with Crippen LogP contribution in [0.15, 0.2) is 6.07 Å². The fourth-order valence-electron chi connectivity index (χ4n) is 1.37. The molecule has 4 nitrogen and oxygen atoms in total. The van der Waals surface area contributed by atoms with Crippen molar-refractivity contribution in [1.29, 1.82) is 0 Å². The lowest BCUT2D eigenvalue weighted by Crippen LogP contribution is -2.03. The number of rotatable bonds is 3. The SMILES string of the molecule is CCc1cc(F)c(Cl)c(NC)c1[N+](=O)[O-]. The molecule has 0 aliphatic heterocycles. The highest BCUT2D eigenvalue weighted by molar-refractivity contribution is 6.34. The summed E-state index contributed by atoms with van der Waals surface area (Å²) >= 11 is 5.63. The van der Waals surface area contributed by atoms with E-state index in [-0.39, 0.29) is 16.4 Å². The minimum atomic E-state index is -0.650. The third-order valence-corrected chi connectivity index (χ3v) is 2.45. The fraction of sp³-hybridized carbons (Fsp3) is 0.333. The number of hydrogen-bond donors (Lipinski definition) is 1. The van der Waals surface area contributed by atoms with Crippen molar-refractivity contribution in [2.75, 3.05) is 12.4 Å². The molecule has 0 heterocycles. The Morgan fingerprint density at radius 3 is 2.67 bits per heavy atom. The number of halogens is 2. The van der Waals surface area contributed by atoms with Crippen LogP contribution in [0.4, 0.5) is 15.8 Å². The molecule has 0 spiro atoms. The summed E-state index contributed by atoms with van der Waals surface area (Å²) in [5.74, 6) is -0.650. The van der Waals surface area contributed by atoms with Gasteiger partial charge in [0.25, 0.3) is 5.69 Å². The monoisotopic (exact) mass is 232 g/mol. The van der Waals surface area contributed by atoms with E-state index in [2.05, 4.69) is 5.32 Å². The number of hydrogen-bond acceptors (Lipinski definition) is 3. The Kier molecular flexibility index (Phi) is 3.47. The maximum absolute atomic E-state index is 13.3. The number of benzene rings is 1. The molecule has 0 unspecified atom stereocenters. The third kappa shape index (κ3) is 2.02. The minimum Gasteiger partial charge on any atom is -0.381 e. The summed E-state index contributed by atoms with van der Waals surface area (Å²) in [5, 5.41) is 13.1. The Balaban J connectivity index is 3.56. The van der Waals surface area contributed by atoms with Crippen molar-refractivity contribution in [2.45, 2.75) is 13.3 Å². The molecule has 0 saturated heterocycles. The normalized spacial score (nSPS) is 10.1. The van der Waals surface area contributed by atoms with Crippen LogP contribution in [0.25, 0.3) is 0 Å². The maximum Gasteiger partial charge on any atom is 0.297 e. The Bertz CT molecular complexity index is 410. The maximum atomic E-state index is 13.3. The number of aryl methyl sites for hydroxylation is 1. The lowest BCUT2D eigenvalue weighted by atomic mass is 10.1. The molecule has 1 rings (SSSR count). The van der Waals surface area contributed by atoms with E-state index in [0.29, 0.717) is 12.0 Å². The molecule has 1 aromatic carbocycles. The molecule has 0 amide bonds. The van der Waals surface area contributed by atoms with Crippen molar-refractivity contribution in [2.24, 2.45) is 0 Å². The molecule has 0 aliphatic rings. The van der Waals surface area contributed by atoms with Crippen molar-refractivity contribution in [3.8, 4) is 0 Å². The molecule has 15 heavy (non-hydrogen) atoms. The van der Waals surface area contributed by atoms with Crippen molar-refractivity contribution in [3.05, 3.63) is 32.6 Å². The first-order valence-corrected chi connectivity index (χ1v) is 4.73. The first-order valence-electron chi connectivity index (χ1n) is 4.35. The van der Waals surface area contributed by atoms with Crippen molar-refractivity contribution < 1.29 is 9.31 Å². The first-order chi connectivity index (χ1) is 7.02. The summed E-state index contributed by atoms with van der Waals surface area (Å²) in [7, 11) is 1.47. The van der Waals surface area contributed by atoms with E-state index in [4.69, 9.17) is 11.6 Å². The smallest absolute Gasteiger partial charge is 0.297 e. The highest BCUT2D eigenvalue weighted by Gasteiger charge is 2.23. The average Bonchev–Trinajstić information content (AvgIpc) is 2.20. The summed E-state index contributed by atoms with van der Waals surface area (Å²) in [4.78, 5) is 10.2. The number of nitrogens with one attached hydrogen (secondary N) is 1. The summed E-state index contributed by atoms with van der Waals surface area (Å²) in [6, 6.07) is 1.10. The topological polar surface area (TPSA) is 55.2 Å². The first kappa shape index (κ1) is 11.7. The molecule has 0 fully saturated rings. The Hall–Kier alpha value is -1.36. The molecular formula is C9H10ClFN2O2. The van der Waals surface area contributed by atoms with Gasteiger partial charge in [-0.15, -0.1) is 0 Å². The molecule has 1 N–H and O–H groups in total. The molecule has 0 aliphatic carbocycles. The standard InChI is InChI=1S/C9H10ClFN2O2/c1-3-5-4-6(11)7(10)8(12-2)9(5)13(14)15/h4,12H,3H2,1-2H3. The zero-order chi connectivity index (χ0) is 11.6. The second-order valence-corrected chi connectivity index (χ2v) is 3.29.